The quantitative estimate of drug-likeness (QED) is 0.358. The molecule has 1 atom stereocenters. The van der Waals surface area contributed by atoms with Crippen LogP contribution in [0.1, 0.15) is 12.8 Å². The molecule has 6 N–H and O–H groups in total. The second kappa shape index (κ2) is 3.46. The van der Waals surface area contributed by atoms with Crippen molar-refractivity contribution in [3.8, 4) is 0 Å². The van der Waals surface area contributed by atoms with Crippen LogP contribution in [0.25, 0.3) is 0 Å². The van der Waals surface area contributed by atoms with E-state index in [4.69, 9.17) is 17.2 Å². The van der Waals surface area contributed by atoms with Crippen LogP contribution in [0.4, 0.5) is 0 Å². The maximum absolute atomic E-state index is 5.28. The normalized spacial score (nSPS) is 12.0. The zero-order chi connectivity index (χ0) is 6.62. The van der Waals surface area contributed by atoms with Crippen LogP contribution in [0.15, 0.2) is 0 Å². The fraction of sp³-hybridized carbons (Fsp3) is 1.00. The second-order valence-corrected chi connectivity index (χ2v) is 3.22. The van der Waals surface area contributed by atoms with E-state index >= 15 is 0 Å². The predicted octanol–water partition coefficient (Wildman–Crippen LogP) is -1.65. The summed E-state index contributed by atoms with van der Waals surface area (Å²) in [7, 11) is 0. The SMILES string of the molecule is NC(N)(N)CCC[AsH2]. The van der Waals surface area contributed by atoms with Gasteiger partial charge in [0.25, 0.3) is 0 Å². The Bertz CT molecular complexity index is 58.8. The monoisotopic (exact) mass is 179 g/mol. The summed E-state index contributed by atoms with van der Waals surface area (Å²) in [4.78, 5) is 0. The minimum atomic E-state index is -0.938. The number of hydrogen-bond donors (Lipinski definition) is 3. The first-order valence-corrected chi connectivity index (χ1v) is 4.34. The summed E-state index contributed by atoms with van der Waals surface area (Å²) in [5, 5.41) is 1.15. The number of hydrogen-bond acceptors (Lipinski definition) is 3. The summed E-state index contributed by atoms with van der Waals surface area (Å²) in [6, 6.07) is 0. The first-order valence-electron chi connectivity index (χ1n) is 2.63. The summed E-state index contributed by atoms with van der Waals surface area (Å²) < 4.78 is 0. The van der Waals surface area contributed by atoms with E-state index in [2.05, 4.69) is 0 Å². The predicted molar refractivity (Wildman–Crippen MR) is 37.9 cm³/mol. The van der Waals surface area contributed by atoms with E-state index in [9.17, 15) is 0 Å². The standard InChI is InChI=1S/C4H14AsN3/c5-3-1-2-4(6,7)8/h1-3,5-8H2. The van der Waals surface area contributed by atoms with Crippen LogP contribution in [-0.4, -0.2) is 22.6 Å². The zero-order valence-electron chi connectivity index (χ0n) is 4.93. The minimum absolute atomic E-state index is 0.714. The molecule has 0 heterocycles. The molecule has 0 saturated heterocycles. The van der Waals surface area contributed by atoms with Crippen LogP contribution < -0.4 is 17.2 Å². The van der Waals surface area contributed by atoms with Gasteiger partial charge in [-0.25, -0.2) is 0 Å². The molecule has 0 saturated carbocycles. The summed E-state index contributed by atoms with van der Waals surface area (Å²) in [6.07, 6.45) is 1.74. The Morgan fingerprint density at radius 3 is 1.88 bits per heavy atom. The van der Waals surface area contributed by atoms with Gasteiger partial charge in [-0.1, -0.05) is 0 Å². The fourth-order valence-corrected chi connectivity index (χ4v) is 0.837. The molecule has 0 aromatic carbocycles. The van der Waals surface area contributed by atoms with Gasteiger partial charge in [-0.3, -0.25) is 0 Å². The van der Waals surface area contributed by atoms with Gasteiger partial charge in [0, 0.05) is 0 Å². The average molecular weight is 179 g/mol. The first-order chi connectivity index (χ1) is 3.56. The van der Waals surface area contributed by atoms with Crippen LogP contribution in [-0.2, 0) is 0 Å². The van der Waals surface area contributed by atoms with Gasteiger partial charge in [-0.15, -0.1) is 0 Å². The average Bonchev–Trinajstić information content (AvgIpc) is 1.59. The van der Waals surface area contributed by atoms with Gasteiger partial charge in [-0.05, 0) is 0 Å². The van der Waals surface area contributed by atoms with E-state index < -0.39 is 5.79 Å². The summed E-state index contributed by atoms with van der Waals surface area (Å²) in [5.74, 6) is -0.938. The van der Waals surface area contributed by atoms with Crippen LogP contribution in [0, 0.1) is 0 Å². The summed E-state index contributed by atoms with van der Waals surface area (Å²) in [5.41, 5.74) is 15.9. The van der Waals surface area contributed by atoms with E-state index in [1.807, 2.05) is 0 Å². The van der Waals surface area contributed by atoms with Crippen molar-refractivity contribution >= 4 is 16.9 Å². The molecule has 0 aliphatic rings. The van der Waals surface area contributed by atoms with Gasteiger partial charge in [0.2, 0.25) is 0 Å². The Morgan fingerprint density at radius 1 is 1.25 bits per heavy atom. The molecule has 0 amide bonds. The Labute approximate surface area is 58.5 Å². The van der Waals surface area contributed by atoms with E-state index in [-0.39, 0.29) is 0 Å². The molecule has 0 rings (SSSR count). The third kappa shape index (κ3) is 6.44. The van der Waals surface area contributed by atoms with Gasteiger partial charge in [-0.2, -0.15) is 0 Å². The topological polar surface area (TPSA) is 78.1 Å². The molecule has 0 fully saturated rings. The van der Waals surface area contributed by atoms with Crippen molar-refractivity contribution in [1.82, 2.24) is 0 Å². The van der Waals surface area contributed by atoms with Crippen molar-refractivity contribution in [2.45, 2.75) is 23.8 Å². The third-order valence-electron chi connectivity index (χ3n) is 0.814. The molecule has 3 nitrogen and oxygen atoms in total. The van der Waals surface area contributed by atoms with Crippen molar-refractivity contribution in [2.75, 3.05) is 0 Å². The molecule has 1 unspecified atom stereocenters. The summed E-state index contributed by atoms with van der Waals surface area (Å²) >= 11 is 1.69. The van der Waals surface area contributed by atoms with Gasteiger partial charge in [0.1, 0.15) is 0 Å². The van der Waals surface area contributed by atoms with Gasteiger partial charge in [0.15, 0.2) is 0 Å². The molecule has 8 heavy (non-hydrogen) atoms. The molecule has 0 aromatic rings. The third-order valence-corrected chi connectivity index (χ3v) is 1.67. The Hall–Kier alpha value is 0.438. The molecule has 0 aromatic heterocycles. The molecule has 0 spiro atoms. The molecule has 0 aliphatic heterocycles. The van der Waals surface area contributed by atoms with Crippen molar-refractivity contribution in [1.29, 1.82) is 0 Å². The van der Waals surface area contributed by atoms with Gasteiger partial charge in [0.05, 0.1) is 0 Å². The Morgan fingerprint density at radius 2 is 1.75 bits per heavy atom. The van der Waals surface area contributed by atoms with Gasteiger partial charge >= 0.3 is 57.9 Å². The van der Waals surface area contributed by atoms with E-state index in [0.29, 0.717) is 6.42 Å². The van der Waals surface area contributed by atoms with Crippen LogP contribution in [0.2, 0.25) is 5.21 Å². The second-order valence-electron chi connectivity index (χ2n) is 2.00. The Kier molecular flexibility index (Phi) is 3.65. The molecule has 0 aliphatic carbocycles. The Balaban J connectivity index is 3.11. The molecule has 0 bridgehead atoms. The van der Waals surface area contributed by atoms with Crippen molar-refractivity contribution < 1.29 is 0 Å². The molecular formula is C4H14AsN3. The number of nitrogens with two attached hydrogens (primary N) is 3. The van der Waals surface area contributed by atoms with Crippen LogP contribution in [0.5, 0.6) is 0 Å². The van der Waals surface area contributed by atoms with Crippen LogP contribution in [0.3, 0.4) is 0 Å². The van der Waals surface area contributed by atoms with Crippen molar-refractivity contribution in [3.63, 3.8) is 0 Å². The summed E-state index contributed by atoms with van der Waals surface area (Å²) in [6.45, 7) is 0. The van der Waals surface area contributed by atoms with Crippen molar-refractivity contribution in [2.24, 2.45) is 17.2 Å². The first kappa shape index (κ1) is 8.44. The van der Waals surface area contributed by atoms with Crippen LogP contribution >= 0.6 is 0 Å². The molecular weight excluding hydrogens is 165 g/mol. The molecule has 50 valence electrons. The molecule has 4 heteroatoms. The van der Waals surface area contributed by atoms with E-state index in [0.717, 1.165) is 11.6 Å². The van der Waals surface area contributed by atoms with E-state index in [1.165, 1.54) is 0 Å². The maximum atomic E-state index is 5.28. The van der Waals surface area contributed by atoms with E-state index in [1.54, 1.807) is 16.9 Å². The number of rotatable bonds is 3. The molecule has 0 radical (unpaired) electrons. The zero-order valence-corrected chi connectivity index (χ0v) is 7.35. The fourth-order valence-electron chi connectivity index (χ4n) is 0.408. The van der Waals surface area contributed by atoms with Gasteiger partial charge < -0.3 is 0 Å². The van der Waals surface area contributed by atoms with Crippen molar-refractivity contribution in [3.05, 3.63) is 0 Å².